The summed E-state index contributed by atoms with van der Waals surface area (Å²) < 4.78 is 22.4. The lowest BCUT2D eigenvalue weighted by Gasteiger charge is -2.12. The standard InChI is InChI=1S/C16H27N3O3S/c1-17-16(18-9-6-11-22-13-12-21-2)19-10-14-23(20)15-7-4-3-5-8-15/h3-5,7-8H,6,9-14H2,1-2H3,(H2,17,18,19). The van der Waals surface area contributed by atoms with E-state index in [9.17, 15) is 4.21 Å². The van der Waals surface area contributed by atoms with E-state index in [0.29, 0.717) is 38.1 Å². The Kier molecular flexibility index (Phi) is 11.1. The molecule has 23 heavy (non-hydrogen) atoms. The zero-order valence-electron chi connectivity index (χ0n) is 13.9. The van der Waals surface area contributed by atoms with E-state index in [2.05, 4.69) is 15.6 Å². The minimum Gasteiger partial charge on any atom is -0.382 e. The molecule has 1 aromatic carbocycles. The molecule has 7 heteroatoms. The Bertz CT molecular complexity index is 469. The highest BCUT2D eigenvalue weighted by Gasteiger charge is 2.03. The topological polar surface area (TPSA) is 72.0 Å². The van der Waals surface area contributed by atoms with E-state index in [-0.39, 0.29) is 0 Å². The van der Waals surface area contributed by atoms with Crippen molar-refractivity contribution in [2.45, 2.75) is 11.3 Å². The van der Waals surface area contributed by atoms with Crippen LogP contribution in [0.15, 0.2) is 40.2 Å². The number of rotatable bonds is 11. The van der Waals surface area contributed by atoms with E-state index in [4.69, 9.17) is 9.47 Å². The van der Waals surface area contributed by atoms with Crippen LogP contribution in [0.5, 0.6) is 0 Å². The quantitative estimate of drug-likeness (QED) is 0.357. The number of nitrogens with one attached hydrogen (secondary N) is 2. The monoisotopic (exact) mass is 341 g/mol. The molecule has 0 aliphatic rings. The lowest BCUT2D eigenvalue weighted by Crippen LogP contribution is -2.39. The van der Waals surface area contributed by atoms with Gasteiger partial charge < -0.3 is 20.1 Å². The Morgan fingerprint density at radius 3 is 2.57 bits per heavy atom. The van der Waals surface area contributed by atoms with Gasteiger partial charge in [0.2, 0.25) is 0 Å². The second-order valence-electron chi connectivity index (χ2n) is 4.75. The van der Waals surface area contributed by atoms with Crippen LogP contribution in [0.2, 0.25) is 0 Å². The summed E-state index contributed by atoms with van der Waals surface area (Å²) in [5, 5.41) is 6.37. The summed E-state index contributed by atoms with van der Waals surface area (Å²) in [7, 11) is 2.39. The molecule has 130 valence electrons. The largest absolute Gasteiger partial charge is 0.382 e. The van der Waals surface area contributed by atoms with E-state index in [1.165, 1.54) is 0 Å². The van der Waals surface area contributed by atoms with Crippen molar-refractivity contribution in [1.29, 1.82) is 0 Å². The predicted octanol–water partition coefficient (Wildman–Crippen LogP) is 1.01. The average molecular weight is 341 g/mol. The average Bonchev–Trinajstić information content (AvgIpc) is 2.60. The lowest BCUT2D eigenvalue weighted by atomic mass is 10.4. The molecule has 6 nitrogen and oxygen atoms in total. The molecule has 2 N–H and O–H groups in total. The number of hydrogen-bond acceptors (Lipinski definition) is 4. The number of methoxy groups -OCH3 is 1. The van der Waals surface area contributed by atoms with Gasteiger partial charge in [-0.15, -0.1) is 0 Å². The van der Waals surface area contributed by atoms with Crippen LogP contribution >= 0.6 is 0 Å². The van der Waals surface area contributed by atoms with E-state index in [1.54, 1.807) is 14.2 Å². The molecule has 0 aromatic heterocycles. The Labute approximate surface area is 141 Å². The molecule has 1 atom stereocenters. The van der Waals surface area contributed by atoms with Crippen LogP contribution in [0.3, 0.4) is 0 Å². The van der Waals surface area contributed by atoms with E-state index < -0.39 is 10.8 Å². The molecule has 0 saturated carbocycles. The maximum atomic E-state index is 12.1. The molecule has 0 aliphatic heterocycles. The van der Waals surface area contributed by atoms with E-state index >= 15 is 0 Å². The van der Waals surface area contributed by atoms with Crippen LogP contribution < -0.4 is 10.6 Å². The fraction of sp³-hybridized carbons (Fsp3) is 0.562. The SMILES string of the molecule is CN=C(NCCCOCCOC)NCCS(=O)c1ccccc1. The fourth-order valence-electron chi connectivity index (χ4n) is 1.80. The van der Waals surface area contributed by atoms with Crippen LogP contribution in [0, 0.1) is 0 Å². The molecule has 0 fully saturated rings. The van der Waals surface area contributed by atoms with Crippen molar-refractivity contribution in [3.8, 4) is 0 Å². The van der Waals surface area contributed by atoms with Crippen molar-refractivity contribution < 1.29 is 13.7 Å². The number of ether oxygens (including phenoxy) is 2. The highest BCUT2D eigenvalue weighted by atomic mass is 32.2. The molecular weight excluding hydrogens is 314 g/mol. The third-order valence-corrected chi connectivity index (χ3v) is 4.37. The maximum absolute atomic E-state index is 12.1. The minimum atomic E-state index is -0.991. The summed E-state index contributed by atoms with van der Waals surface area (Å²) >= 11 is 0. The molecule has 1 rings (SSSR count). The molecule has 1 aromatic rings. The van der Waals surface area contributed by atoms with Crippen molar-refractivity contribution in [2.24, 2.45) is 4.99 Å². The molecule has 0 saturated heterocycles. The second kappa shape index (κ2) is 13.0. The van der Waals surface area contributed by atoms with Crippen LogP contribution in [-0.4, -0.2) is 63.0 Å². The second-order valence-corrected chi connectivity index (χ2v) is 6.32. The van der Waals surface area contributed by atoms with Gasteiger partial charge in [0, 0.05) is 44.5 Å². The Morgan fingerprint density at radius 1 is 1.13 bits per heavy atom. The molecular formula is C16H27N3O3S. The van der Waals surface area contributed by atoms with Gasteiger partial charge in [-0.25, -0.2) is 0 Å². The van der Waals surface area contributed by atoms with Gasteiger partial charge >= 0.3 is 0 Å². The third kappa shape index (κ3) is 9.32. The molecule has 0 amide bonds. The van der Waals surface area contributed by atoms with Crippen LogP contribution in [0.1, 0.15) is 6.42 Å². The summed E-state index contributed by atoms with van der Waals surface area (Å²) in [6.07, 6.45) is 0.889. The zero-order valence-corrected chi connectivity index (χ0v) is 14.7. The molecule has 0 aliphatic carbocycles. The first-order valence-corrected chi connectivity index (χ1v) is 9.04. The highest BCUT2D eigenvalue weighted by Crippen LogP contribution is 2.04. The summed E-state index contributed by atoms with van der Waals surface area (Å²) in [6, 6.07) is 9.48. The number of nitrogens with zero attached hydrogens (tertiary/aromatic N) is 1. The maximum Gasteiger partial charge on any atom is 0.191 e. The van der Waals surface area contributed by atoms with Crippen LogP contribution in [0.4, 0.5) is 0 Å². The van der Waals surface area contributed by atoms with Crippen molar-refractivity contribution in [2.75, 3.05) is 52.8 Å². The molecule has 0 spiro atoms. The van der Waals surface area contributed by atoms with E-state index in [1.807, 2.05) is 30.3 Å². The highest BCUT2D eigenvalue weighted by molar-refractivity contribution is 7.85. The third-order valence-electron chi connectivity index (χ3n) is 3.00. The molecule has 0 radical (unpaired) electrons. The summed E-state index contributed by atoms with van der Waals surface area (Å²) in [5.74, 6) is 1.26. The Hall–Kier alpha value is -1.44. The van der Waals surface area contributed by atoms with Gasteiger partial charge in [0.25, 0.3) is 0 Å². The Balaban J connectivity index is 2.11. The minimum absolute atomic E-state index is 0.546. The predicted molar refractivity (Wildman–Crippen MR) is 94.4 cm³/mol. The van der Waals surface area contributed by atoms with Crippen molar-refractivity contribution >= 4 is 16.8 Å². The van der Waals surface area contributed by atoms with Gasteiger partial charge in [0.05, 0.1) is 24.0 Å². The van der Waals surface area contributed by atoms with Gasteiger partial charge in [-0.3, -0.25) is 9.20 Å². The van der Waals surface area contributed by atoms with Gasteiger partial charge in [-0.2, -0.15) is 0 Å². The lowest BCUT2D eigenvalue weighted by molar-refractivity contribution is 0.0698. The number of benzene rings is 1. The molecule has 0 heterocycles. The number of aliphatic imine (C=N–C) groups is 1. The van der Waals surface area contributed by atoms with Gasteiger partial charge in [0.15, 0.2) is 5.96 Å². The molecule has 1 unspecified atom stereocenters. The van der Waals surface area contributed by atoms with Gasteiger partial charge in [-0.05, 0) is 18.6 Å². The summed E-state index contributed by atoms with van der Waals surface area (Å²) in [6.45, 7) is 3.30. The van der Waals surface area contributed by atoms with Crippen LogP contribution in [-0.2, 0) is 20.3 Å². The fourth-order valence-corrected chi connectivity index (χ4v) is 2.78. The summed E-state index contributed by atoms with van der Waals surface area (Å²) in [4.78, 5) is 4.99. The summed E-state index contributed by atoms with van der Waals surface area (Å²) in [5.41, 5.74) is 0. The number of hydrogen-bond donors (Lipinski definition) is 2. The Morgan fingerprint density at radius 2 is 1.87 bits per heavy atom. The zero-order chi connectivity index (χ0) is 16.8. The van der Waals surface area contributed by atoms with Crippen LogP contribution in [0.25, 0.3) is 0 Å². The number of guanidine groups is 1. The smallest absolute Gasteiger partial charge is 0.191 e. The van der Waals surface area contributed by atoms with Crippen molar-refractivity contribution in [3.63, 3.8) is 0 Å². The first-order valence-electron chi connectivity index (χ1n) is 7.72. The van der Waals surface area contributed by atoms with Gasteiger partial charge in [0.1, 0.15) is 0 Å². The first kappa shape index (κ1) is 19.6. The first-order chi connectivity index (χ1) is 11.3. The molecule has 0 bridgehead atoms. The van der Waals surface area contributed by atoms with Crippen molar-refractivity contribution in [1.82, 2.24) is 10.6 Å². The normalized spacial score (nSPS) is 12.9. The van der Waals surface area contributed by atoms with Gasteiger partial charge in [-0.1, -0.05) is 18.2 Å². The van der Waals surface area contributed by atoms with E-state index in [0.717, 1.165) is 17.9 Å². The van der Waals surface area contributed by atoms with Crippen molar-refractivity contribution in [3.05, 3.63) is 30.3 Å².